The third-order valence-corrected chi connectivity index (χ3v) is 5.38. The molecule has 0 bridgehead atoms. The van der Waals surface area contributed by atoms with Gasteiger partial charge in [-0.15, -0.1) is 0 Å². The summed E-state index contributed by atoms with van der Waals surface area (Å²) in [6, 6.07) is 5.88. The molecular formula is C20H18F3N7. The van der Waals surface area contributed by atoms with E-state index in [4.69, 9.17) is 0 Å². The molecule has 30 heavy (non-hydrogen) atoms. The molecule has 7 nitrogen and oxygen atoms in total. The fraction of sp³-hybridized carbons (Fsp3) is 0.300. The Bertz CT molecular complexity index is 1170. The topological polar surface area (TPSA) is 75.0 Å². The van der Waals surface area contributed by atoms with Crippen LogP contribution in [-0.2, 0) is 6.18 Å². The highest BCUT2D eigenvalue weighted by Gasteiger charge is 2.33. The lowest BCUT2D eigenvalue weighted by atomic mass is 9.95. The molecule has 0 aromatic carbocycles. The maximum absolute atomic E-state index is 13.1. The SMILES string of the molecule is FC(F)(F)c1ccc2ncc(-c3ccnc(N4CCCC(c5c[nH]cn5)C4)c3)n2n1. The fourth-order valence-corrected chi connectivity index (χ4v) is 3.89. The van der Waals surface area contributed by atoms with Gasteiger partial charge in [-0.1, -0.05) is 0 Å². The summed E-state index contributed by atoms with van der Waals surface area (Å²) in [6.45, 7) is 1.64. The van der Waals surface area contributed by atoms with Gasteiger partial charge in [0.15, 0.2) is 11.3 Å². The van der Waals surface area contributed by atoms with Gasteiger partial charge >= 0.3 is 6.18 Å². The minimum atomic E-state index is -4.52. The molecule has 1 N–H and O–H groups in total. The van der Waals surface area contributed by atoms with Gasteiger partial charge in [-0.2, -0.15) is 18.3 Å². The fourth-order valence-electron chi connectivity index (χ4n) is 3.89. The number of nitrogens with one attached hydrogen (secondary N) is 1. The van der Waals surface area contributed by atoms with Crippen molar-refractivity contribution in [3.8, 4) is 11.3 Å². The predicted octanol–water partition coefficient (Wildman–Crippen LogP) is 3.92. The molecule has 154 valence electrons. The Morgan fingerprint density at radius 2 is 2.00 bits per heavy atom. The molecule has 1 unspecified atom stereocenters. The van der Waals surface area contributed by atoms with Gasteiger partial charge in [0.1, 0.15) is 5.82 Å². The molecule has 0 aliphatic carbocycles. The van der Waals surface area contributed by atoms with E-state index in [1.807, 2.05) is 12.3 Å². The number of piperidine rings is 1. The summed E-state index contributed by atoms with van der Waals surface area (Å²) in [5.41, 5.74) is 1.62. The number of hydrogen-bond acceptors (Lipinski definition) is 5. The van der Waals surface area contributed by atoms with E-state index in [1.54, 1.807) is 18.6 Å². The molecule has 1 aliphatic rings. The summed E-state index contributed by atoms with van der Waals surface area (Å²) in [6.07, 6.45) is 4.34. The Labute approximate surface area is 169 Å². The molecule has 1 atom stereocenters. The first-order valence-corrected chi connectivity index (χ1v) is 9.61. The van der Waals surface area contributed by atoms with Crippen LogP contribution in [0.15, 0.2) is 49.2 Å². The van der Waals surface area contributed by atoms with E-state index in [0.29, 0.717) is 22.8 Å². The zero-order chi connectivity index (χ0) is 20.7. The molecule has 5 rings (SSSR count). The third kappa shape index (κ3) is 3.38. The lowest BCUT2D eigenvalue weighted by molar-refractivity contribution is -0.141. The van der Waals surface area contributed by atoms with E-state index in [2.05, 4.69) is 29.9 Å². The molecule has 0 amide bonds. The van der Waals surface area contributed by atoms with Gasteiger partial charge < -0.3 is 9.88 Å². The Morgan fingerprint density at radius 3 is 2.80 bits per heavy atom. The van der Waals surface area contributed by atoms with Gasteiger partial charge in [-0.05, 0) is 37.1 Å². The van der Waals surface area contributed by atoms with Crippen molar-refractivity contribution in [3.63, 3.8) is 0 Å². The quantitative estimate of drug-likeness (QED) is 0.551. The van der Waals surface area contributed by atoms with Crippen molar-refractivity contribution in [3.05, 3.63) is 60.6 Å². The number of H-pyrrole nitrogens is 1. The standard InChI is InChI=1S/C20H18F3N7/c21-20(22,23)17-3-4-18-26-10-16(30(18)28-17)13-5-6-25-19(8-13)29-7-1-2-14(11-29)15-9-24-12-27-15/h3-6,8-10,12,14H,1-2,7,11H2,(H,24,27). The Kier molecular flexibility index (Phi) is 4.41. The molecule has 0 spiro atoms. The summed E-state index contributed by atoms with van der Waals surface area (Å²) in [4.78, 5) is 18.2. The van der Waals surface area contributed by atoms with Crippen molar-refractivity contribution in [1.29, 1.82) is 0 Å². The molecule has 4 aromatic heterocycles. The lowest BCUT2D eigenvalue weighted by Crippen LogP contribution is -2.35. The Hall–Kier alpha value is -3.43. The van der Waals surface area contributed by atoms with Crippen LogP contribution in [0.3, 0.4) is 0 Å². The highest BCUT2D eigenvalue weighted by atomic mass is 19.4. The van der Waals surface area contributed by atoms with E-state index >= 15 is 0 Å². The molecule has 5 heterocycles. The number of halogens is 3. The van der Waals surface area contributed by atoms with Crippen molar-refractivity contribution >= 4 is 11.5 Å². The van der Waals surface area contributed by atoms with E-state index in [9.17, 15) is 13.2 Å². The minimum Gasteiger partial charge on any atom is -0.356 e. The number of nitrogens with zero attached hydrogens (tertiary/aromatic N) is 6. The minimum absolute atomic E-state index is 0.308. The van der Waals surface area contributed by atoms with Crippen molar-refractivity contribution in [2.75, 3.05) is 18.0 Å². The van der Waals surface area contributed by atoms with Crippen LogP contribution in [0.25, 0.3) is 16.9 Å². The van der Waals surface area contributed by atoms with Crippen LogP contribution in [0.5, 0.6) is 0 Å². The van der Waals surface area contributed by atoms with Gasteiger partial charge in [-0.3, -0.25) is 0 Å². The molecule has 1 fully saturated rings. The molecule has 1 saturated heterocycles. The second-order valence-corrected chi connectivity index (χ2v) is 7.31. The maximum Gasteiger partial charge on any atom is 0.435 e. The first-order chi connectivity index (χ1) is 14.5. The predicted molar refractivity (Wildman–Crippen MR) is 104 cm³/mol. The number of hydrogen-bond donors (Lipinski definition) is 1. The zero-order valence-electron chi connectivity index (χ0n) is 15.8. The summed E-state index contributed by atoms with van der Waals surface area (Å²) < 4.78 is 40.5. The van der Waals surface area contributed by atoms with E-state index < -0.39 is 11.9 Å². The monoisotopic (exact) mass is 413 g/mol. The largest absolute Gasteiger partial charge is 0.435 e. The van der Waals surface area contributed by atoms with Crippen molar-refractivity contribution in [2.24, 2.45) is 0 Å². The van der Waals surface area contributed by atoms with Gasteiger partial charge in [-0.25, -0.2) is 19.5 Å². The van der Waals surface area contributed by atoms with Gasteiger partial charge in [0.25, 0.3) is 0 Å². The third-order valence-electron chi connectivity index (χ3n) is 5.38. The molecule has 10 heteroatoms. The van der Waals surface area contributed by atoms with Crippen LogP contribution in [0.1, 0.15) is 30.1 Å². The average Bonchev–Trinajstić information content (AvgIpc) is 3.43. The molecule has 0 saturated carbocycles. The summed E-state index contributed by atoms with van der Waals surface area (Å²) in [7, 11) is 0. The van der Waals surface area contributed by atoms with Crippen LogP contribution < -0.4 is 4.90 Å². The number of aromatic nitrogens is 6. The first kappa shape index (κ1) is 18.6. The second-order valence-electron chi connectivity index (χ2n) is 7.31. The maximum atomic E-state index is 13.1. The van der Waals surface area contributed by atoms with Crippen LogP contribution in [-0.4, -0.2) is 42.6 Å². The Morgan fingerprint density at radius 1 is 1.10 bits per heavy atom. The van der Waals surface area contributed by atoms with Gasteiger partial charge in [0.2, 0.25) is 0 Å². The normalized spacial score (nSPS) is 17.6. The number of rotatable bonds is 3. The second kappa shape index (κ2) is 7.12. The summed E-state index contributed by atoms with van der Waals surface area (Å²) in [5.74, 6) is 1.08. The Balaban J connectivity index is 1.48. The molecule has 4 aromatic rings. The molecule has 1 aliphatic heterocycles. The molecule has 0 radical (unpaired) electrons. The van der Waals surface area contributed by atoms with Gasteiger partial charge in [0.05, 0.1) is 23.9 Å². The lowest BCUT2D eigenvalue weighted by Gasteiger charge is -2.33. The number of alkyl halides is 3. The van der Waals surface area contributed by atoms with Crippen LogP contribution >= 0.6 is 0 Å². The number of fused-ring (bicyclic) bond motifs is 1. The first-order valence-electron chi connectivity index (χ1n) is 9.61. The van der Waals surface area contributed by atoms with E-state index in [1.165, 1.54) is 16.8 Å². The number of pyridine rings is 1. The van der Waals surface area contributed by atoms with Crippen molar-refractivity contribution in [2.45, 2.75) is 24.9 Å². The number of aromatic amines is 1. The highest BCUT2D eigenvalue weighted by molar-refractivity contribution is 5.66. The average molecular weight is 413 g/mol. The zero-order valence-corrected chi connectivity index (χ0v) is 15.8. The number of imidazole rings is 2. The van der Waals surface area contributed by atoms with E-state index in [-0.39, 0.29) is 0 Å². The van der Waals surface area contributed by atoms with Crippen molar-refractivity contribution < 1.29 is 13.2 Å². The molecular weight excluding hydrogens is 395 g/mol. The summed E-state index contributed by atoms with van der Waals surface area (Å²) in [5, 5.41) is 3.75. The highest BCUT2D eigenvalue weighted by Crippen LogP contribution is 2.31. The number of anilines is 1. The van der Waals surface area contributed by atoms with Crippen LogP contribution in [0.2, 0.25) is 0 Å². The van der Waals surface area contributed by atoms with Crippen LogP contribution in [0.4, 0.5) is 19.0 Å². The van der Waals surface area contributed by atoms with Gasteiger partial charge in [0, 0.05) is 37.0 Å². The van der Waals surface area contributed by atoms with E-state index in [0.717, 1.165) is 43.5 Å². The smallest absolute Gasteiger partial charge is 0.356 e. The van der Waals surface area contributed by atoms with Crippen LogP contribution in [0, 0.1) is 0 Å². The summed E-state index contributed by atoms with van der Waals surface area (Å²) >= 11 is 0. The van der Waals surface area contributed by atoms with Crippen molar-refractivity contribution in [1.82, 2.24) is 29.5 Å².